The maximum atomic E-state index is 12.6. The largest absolute Gasteiger partial charge is 0.507 e. The third-order valence-electron chi connectivity index (χ3n) is 4.90. The van der Waals surface area contributed by atoms with Crippen LogP contribution in [0.1, 0.15) is 0 Å². The average Bonchev–Trinajstić information content (AvgIpc) is 3.15. The third kappa shape index (κ3) is 5.03. The van der Waals surface area contributed by atoms with Crippen LogP contribution < -0.4 is 10.2 Å². The van der Waals surface area contributed by atoms with Gasteiger partial charge in [-0.15, -0.1) is 10.2 Å². The van der Waals surface area contributed by atoms with Crippen LogP contribution in [-0.4, -0.2) is 57.8 Å². The quantitative estimate of drug-likeness (QED) is 0.497. The summed E-state index contributed by atoms with van der Waals surface area (Å²) in [6.45, 7) is 2.96. The Balaban J connectivity index is 1.42. The highest BCUT2D eigenvalue weighted by atomic mass is 79.9. The minimum absolute atomic E-state index is 0.118. The zero-order valence-electron chi connectivity index (χ0n) is 16.9. The minimum atomic E-state index is -0.124. The lowest BCUT2D eigenvalue weighted by Gasteiger charge is -2.30. The van der Waals surface area contributed by atoms with Crippen molar-refractivity contribution in [1.29, 1.82) is 0 Å². The van der Waals surface area contributed by atoms with Crippen LogP contribution in [-0.2, 0) is 16.6 Å². The molecule has 10 heteroatoms. The molecule has 2 aromatic carbocycles. The van der Waals surface area contributed by atoms with Gasteiger partial charge >= 0.3 is 0 Å². The van der Waals surface area contributed by atoms with Gasteiger partial charge in [0.15, 0.2) is 11.0 Å². The molecule has 0 atom stereocenters. The van der Waals surface area contributed by atoms with E-state index in [1.165, 1.54) is 11.8 Å². The molecule has 0 bridgehead atoms. The molecule has 0 saturated carbocycles. The van der Waals surface area contributed by atoms with Gasteiger partial charge in [-0.2, -0.15) is 0 Å². The van der Waals surface area contributed by atoms with E-state index < -0.39 is 0 Å². The molecule has 0 unspecified atom stereocenters. The Labute approximate surface area is 192 Å². The highest BCUT2D eigenvalue weighted by molar-refractivity contribution is 9.10. The van der Waals surface area contributed by atoms with Crippen molar-refractivity contribution in [3.8, 4) is 17.1 Å². The molecule has 2 heterocycles. The fourth-order valence-corrected chi connectivity index (χ4v) is 4.41. The number of carbonyl (C=O) groups is 1. The van der Waals surface area contributed by atoms with Crippen molar-refractivity contribution in [3.63, 3.8) is 0 Å². The second-order valence-electron chi connectivity index (χ2n) is 6.98. The Morgan fingerprint density at radius 3 is 2.81 bits per heavy atom. The number of benzene rings is 2. The molecule has 1 aromatic heterocycles. The number of phenols is 1. The SMILES string of the molecule is Cn1c(SCC(=O)Nc2ccccc2N2CCOCC2)nnc1-c1cc(Br)ccc1O. The smallest absolute Gasteiger partial charge is 0.234 e. The van der Waals surface area contributed by atoms with E-state index in [0.29, 0.717) is 29.8 Å². The highest BCUT2D eigenvalue weighted by Gasteiger charge is 2.18. The number of para-hydroxylation sites is 2. The number of halogens is 1. The number of aromatic hydroxyl groups is 1. The van der Waals surface area contributed by atoms with Gasteiger partial charge in [0.05, 0.1) is 35.9 Å². The molecule has 1 aliphatic heterocycles. The van der Waals surface area contributed by atoms with E-state index in [2.05, 4.69) is 36.3 Å². The van der Waals surface area contributed by atoms with Gasteiger partial charge in [0.1, 0.15) is 5.75 Å². The van der Waals surface area contributed by atoms with Gasteiger partial charge in [0.2, 0.25) is 5.91 Å². The summed E-state index contributed by atoms with van der Waals surface area (Å²) in [5, 5.41) is 22.1. The molecule has 1 fully saturated rings. The number of hydrogen-bond acceptors (Lipinski definition) is 7. The Bertz CT molecular complexity index is 1080. The molecule has 1 aliphatic rings. The number of anilines is 2. The van der Waals surface area contributed by atoms with E-state index in [1.807, 2.05) is 31.3 Å². The molecule has 8 nitrogen and oxygen atoms in total. The van der Waals surface area contributed by atoms with Crippen molar-refractivity contribution in [1.82, 2.24) is 14.8 Å². The van der Waals surface area contributed by atoms with Gasteiger partial charge in [-0.1, -0.05) is 39.8 Å². The maximum Gasteiger partial charge on any atom is 0.234 e. The molecule has 0 spiro atoms. The molecule has 31 heavy (non-hydrogen) atoms. The number of morpholine rings is 1. The van der Waals surface area contributed by atoms with Crippen LogP contribution in [0.4, 0.5) is 11.4 Å². The maximum absolute atomic E-state index is 12.6. The Kier molecular flexibility index (Phi) is 6.79. The summed E-state index contributed by atoms with van der Waals surface area (Å²) >= 11 is 4.70. The number of nitrogens with one attached hydrogen (secondary N) is 1. The molecule has 2 N–H and O–H groups in total. The fraction of sp³-hybridized carbons (Fsp3) is 0.286. The Morgan fingerprint density at radius 1 is 1.23 bits per heavy atom. The number of phenolic OH excluding ortho intramolecular Hbond substituents is 1. The molecule has 1 amide bonds. The van der Waals surface area contributed by atoms with Crippen LogP contribution in [0.2, 0.25) is 0 Å². The average molecular weight is 504 g/mol. The van der Waals surface area contributed by atoms with Crippen molar-refractivity contribution in [2.24, 2.45) is 7.05 Å². The van der Waals surface area contributed by atoms with Crippen molar-refractivity contribution in [2.45, 2.75) is 5.16 Å². The van der Waals surface area contributed by atoms with Crippen LogP contribution in [0.3, 0.4) is 0 Å². The van der Waals surface area contributed by atoms with Crippen LogP contribution in [0.15, 0.2) is 52.1 Å². The minimum Gasteiger partial charge on any atom is -0.507 e. The van der Waals surface area contributed by atoms with Gasteiger partial charge in [-0.3, -0.25) is 4.79 Å². The van der Waals surface area contributed by atoms with Crippen LogP contribution in [0.25, 0.3) is 11.4 Å². The summed E-state index contributed by atoms with van der Waals surface area (Å²) in [4.78, 5) is 14.8. The molecule has 4 rings (SSSR count). The third-order valence-corrected chi connectivity index (χ3v) is 6.41. The lowest BCUT2D eigenvalue weighted by Crippen LogP contribution is -2.36. The monoisotopic (exact) mass is 503 g/mol. The van der Waals surface area contributed by atoms with E-state index >= 15 is 0 Å². The zero-order chi connectivity index (χ0) is 21.8. The number of hydrogen-bond donors (Lipinski definition) is 2. The molecule has 0 radical (unpaired) electrons. The summed E-state index contributed by atoms with van der Waals surface area (Å²) < 4.78 is 8.02. The first-order valence-corrected chi connectivity index (χ1v) is 11.5. The highest BCUT2D eigenvalue weighted by Crippen LogP contribution is 2.32. The van der Waals surface area contributed by atoms with Gasteiger partial charge in [0.25, 0.3) is 0 Å². The van der Waals surface area contributed by atoms with Crippen molar-refractivity contribution >= 4 is 45.0 Å². The van der Waals surface area contributed by atoms with Crippen LogP contribution in [0.5, 0.6) is 5.75 Å². The summed E-state index contributed by atoms with van der Waals surface area (Å²) in [7, 11) is 1.81. The van der Waals surface area contributed by atoms with Gasteiger partial charge in [-0.25, -0.2) is 0 Å². The van der Waals surface area contributed by atoms with Gasteiger partial charge in [0, 0.05) is 24.6 Å². The van der Waals surface area contributed by atoms with Crippen molar-refractivity contribution in [3.05, 3.63) is 46.9 Å². The van der Waals surface area contributed by atoms with E-state index in [4.69, 9.17) is 4.74 Å². The van der Waals surface area contributed by atoms with Crippen LogP contribution in [0, 0.1) is 0 Å². The summed E-state index contributed by atoms with van der Waals surface area (Å²) in [6, 6.07) is 12.9. The standard InChI is InChI=1S/C21H22BrN5O3S/c1-26-20(15-12-14(22)6-7-18(15)28)24-25-21(26)31-13-19(29)23-16-4-2-3-5-17(16)27-8-10-30-11-9-27/h2-7,12,28H,8-11,13H2,1H3,(H,23,29). The summed E-state index contributed by atoms with van der Waals surface area (Å²) in [5.74, 6) is 0.709. The van der Waals surface area contributed by atoms with Crippen molar-refractivity contribution in [2.75, 3.05) is 42.3 Å². The number of aromatic nitrogens is 3. The lowest BCUT2D eigenvalue weighted by atomic mass is 10.2. The molecular weight excluding hydrogens is 482 g/mol. The van der Waals surface area contributed by atoms with Crippen molar-refractivity contribution < 1.29 is 14.6 Å². The molecule has 1 saturated heterocycles. The zero-order valence-corrected chi connectivity index (χ0v) is 19.3. The van der Waals surface area contributed by atoms with E-state index in [1.54, 1.807) is 22.8 Å². The second-order valence-corrected chi connectivity index (χ2v) is 8.84. The van der Waals surface area contributed by atoms with Gasteiger partial charge < -0.3 is 24.6 Å². The first-order chi connectivity index (χ1) is 15.0. The topological polar surface area (TPSA) is 92.5 Å². The number of amides is 1. The van der Waals surface area contributed by atoms with Crippen LogP contribution >= 0.6 is 27.7 Å². The Hall–Kier alpha value is -2.56. The predicted octanol–water partition coefficient (Wildman–Crippen LogP) is 3.52. The number of nitrogens with zero attached hydrogens (tertiary/aromatic N) is 4. The van der Waals surface area contributed by atoms with E-state index in [-0.39, 0.29) is 17.4 Å². The Morgan fingerprint density at radius 2 is 2.00 bits per heavy atom. The predicted molar refractivity (Wildman–Crippen MR) is 125 cm³/mol. The first kappa shape index (κ1) is 21.7. The summed E-state index contributed by atoms with van der Waals surface area (Å²) in [6.07, 6.45) is 0. The lowest BCUT2D eigenvalue weighted by molar-refractivity contribution is -0.113. The molecule has 3 aromatic rings. The number of thioether (sulfide) groups is 1. The second kappa shape index (κ2) is 9.71. The van der Waals surface area contributed by atoms with Gasteiger partial charge in [-0.05, 0) is 30.3 Å². The summed E-state index contributed by atoms with van der Waals surface area (Å²) in [5.41, 5.74) is 2.35. The normalized spacial score (nSPS) is 13.9. The van der Waals surface area contributed by atoms with E-state index in [0.717, 1.165) is 28.9 Å². The number of ether oxygens (including phenoxy) is 1. The fourth-order valence-electron chi connectivity index (χ4n) is 3.34. The number of rotatable bonds is 6. The number of carbonyl (C=O) groups excluding carboxylic acids is 1. The first-order valence-electron chi connectivity index (χ1n) is 9.75. The molecular formula is C21H22BrN5O3S. The molecule has 0 aliphatic carbocycles. The van der Waals surface area contributed by atoms with E-state index in [9.17, 15) is 9.90 Å². The molecule has 162 valence electrons.